The Bertz CT molecular complexity index is 309. The predicted octanol–water partition coefficient (Wildman–Crippen LogP) is 7.01. The molecule has 0 fully saturated rings. The van der Waals surface area contributed by atoms with Gasteiger partial charge in [-0.25, -0.2) is 0 Å². The molecule has 0 aliphatic rings. The third kappa shape index (κ3) is 35.2. The molecule has 0 aromatic heterocycles. The number of hydrogen-bond donors (Lipinski definition) is 2. The molecule has 0 rings (SSSR count). The molecule has 0 spiro atoms. The monoisotopic (exact) mass is 414 g/mol. The van der Waals surface area contributed by atoms with Gasteiger partial charge in [-0.3, -0.25) is 4.79 Å². The molecule has 0 heterocycles. The predicted molar refractivity (Wildman–Crippen MR) is 129 cm³/mol. The Hall–Kier alpha value is -0.610. The van der Waals surface area contributed by atoms with E-state index in [1.807, 2.05) is 0 Å². The van der Waals surface area contributed by atoms with Gasteiger partial charge >= 0.3 is 5.97 Å². The molecule has 0 aromatic carbocycles. The number of hydrogen-bond acceptors (Lipinski definition) is 3. The molecule has 0 atom stereocenters. The zero-order valence-electron chi connectivity index (χ0n) is 20.2. The summed E-state index contributed by atoms with van der Waals surface area (Å²) in [4.78, 5) is 12.5. The third-order valence-corrected chi connectivity index (χ3v) is 5.30. The minimum atomic E-state index is -0.652. The normalized spacial score (nSPS) is 10.8. The fourth-order valence-electron chi connectivity index (χ4n) is 3.41. The van der Waals surface area contributed by atoms with Crippen molar-refractivity contribution < 1.29 is 9.90 Å². The van der Waals surface area contributed by atoms with Gasteiger partial charge in [0.05, 0.1) is 0 Å². The molecule has 0 bridgehead atoms. The van der Waals surface area contributed by atoms with Crippen molar-refractivity contribution in [2.45, 2.75) is 129 Å². The summed E-state index contributed by atoms with van der Waals surface area (Å²) in [5.74, 6) is -0.652. The molecule has 0 saturated heterocycles. The van der Waals surface area contributed by atoms with E-state index in [0.29, 0.717) is 6.42 Å². The van der Waals surface area contributed by atoms with Crippen molar-refractivity contribution in [3.8, 4) is 0 Å². The molecule has 0 radical (unpaired) electrons. The summed E-state index contributed by atoms with van der Waals surface area (Å²) in [6.07, 6.45) is 24.2. The molecule has 3 N–H and O–H groups in total. The Morgan fingerprint density at radius 1 is 0.655 bits per heavy atom. The summed E-state index contributed by atoms with van der Waals surface area (Å²) in [5, 5.41) is 8.54. The maximum Gasteiger partial charge on any atom is 0.303 e. The van der Waals surface area contributed by atoms with Crippen LogP contribution in [0.2, 0.25) is 0 Å². The Kier molecular flexibility index (Phi) is 28.9. The van der Waals surface area contributed by atoms with Gasteiger partial charge in [0.1, 0.15) is 0 Å². The lowest BCUT2D eigenvalue weighted by atomic mass is 10.0. The first-order chi connectivity index (χ1) is 14.0. The SMILES string of the molecule is CCCCCCCCCCCCCCCCCCCC(=O)O.CN(C)CCCN. The van der Waals surface area contributed by atoms with Crippen LogP contribution in [0.15, 0.2) is 0 Å². The number of rotatable bonds is 21. The van der Waals surface area contributed by atoms with Crippen molar-refractivity contribution in [1.82, 2.24) is 4.90 Å². The average Bonchev–Trinajstić information content (AvgIpc) is 2.69. The lowest BCUT2D eigenvalue weighted by Crippen LogP contribution is -2.16. The van der Waals surface area contributed by atoms with Crippen molar-refractivity contribution in [2.24, 2.45) is 5.73 Å². The quantitative estimate of drug-likeness (QED) is 0.198. The fraction of sp³-hybridized carbons (Fsp3) is 0.960. The summed E-state index contributed by atoms with van der Waals surface area (Å²) >= 11 is 0. The van der Waals surface area contributed by atoms with E-state index >= 15 is 0 Å². The van der Waals surface area contributed by atoms with Gasteiger partial charge in [0.2, 0.25) is 0 Å². The van der Waals surface area contributed by atoms with Gasteiger partial charge in [-0.15, -0.1) is 0 Å². The molecular formula is C25H54N2O2. The molecule has 0 amide bonds. The van der Waals surface area contributed by atoms with Crippen molar-refractivity contribution in [2.75, 3.05) is 27.2 Å². The third-order valence-electron chi connectivity index (χ3n) is 5.30. The van der Waals surface area contributed by atoms with E-state index in [2.05, 4.69) is 25.9 Å². The first-order valence-electron chi connectivity index (χ1n) is 12.6. The summed E-state index contributed by atoms with van der Waals surface area (Å²) < 4.78 is 0. The molecule has 0 aromatic rings. The Labute approximate surface area is 183 Å². The second-order valence-electron chi connectivity index (χ2n) is 8.75. The number of aliphatic carboxylic acids is 1. The molecule has 4 heteroatoms. The van der Waals surface area contributed by atoms with Gasteiger partial charge in [0.25, 0.3) is 0 Å². The molecule has 176 valence electrons. The smallest absolute Gasteiger partial charge is 0.303 e. The second-order valence-corrected chi connectivity index (χ2v) is 8.75. The zero-order chi connectivity index (χ0) is 22.0. The van der Waals surface area contributed by atoms with E-state index in [9.17, 15) is 4.79 Å². The van der Waals surface area contributed by atoms with Gasteiger partial charge in [-0.05, 0) is 40.0 Å². The highest BCUT2D eigenvalue weighted by Crippen LogP contribution is 2.14. The van der Waals surface area contributed by atoms with E-state index in [-0.39, 0.29) is 0 Å². The minimum absolute atomic E-state index is 0.346. The number of nitrogens with zero attached hydrogens (tertiary/aromatic N) is 1. The zero-order valence-corrected chi connectivity index (χ0v) is 20.2. The van der Waals surface area contributed by atoms with Crippen LogP contribution in [-0.4, -0.2) is 43.2 Å². The maximum absolute atomic E-state index is 10.4. The van der Waals surface area contributed by atoms with Crippen LogP contribution in [0.5, 0.6) is 0 Å². The van der Waals surface area contributed by atoms with Gasteiger partial charge in [0.15, 0.2) is 0 Å². The largest absolute Gasteiger partial charge is 0.481 e. The highest BCUT2D eigenvalue weighted by atomic mass is 16.4. The first-order valence-corrected chi connectivity index (χ1v) is 12.6. The molecule has 0 unspecified atom stereocenters. The van der Waals surface area contributed by atoms with Gasteiger partial charge in [0, 0.05) is 6.42 Å². The lowest BCUT2D eigenvalue weighted by molar-refractivity contribution is -0.137. The van der Waals surface area contributed by atoms with Crippen LogP contribution >= 0.6 is 0 Å². The van der Waals surface area contributed by atoms with Crippen LogP contribution in [0, 0.1) is 0 Å². The number of carboxylic acids is 1. The molecule has 0 aliphatic carbocycles. The van der Waals surface area contributed by atoms with Crippen LogP contribution < -0.4 is 5.73 Å². The molecule has 4 nitrogen and oxygen atoms in total. The van der Waals surface area contributed by atoms with Crippen LogP contribution in [0.3, 0.4) is 0 Å². The minimum Gasteiger partial charge on any atom is -0.481 e. The topological polar surface area (TPSA) is 66.6 Å². The van der Waals surface area contributed by atoms with Gasteiger partial charge in [-0.1, -0.05) is 110 Å². The molecule has 0 saturated carbocycles. The van der Waals surface area contributed by atoms with Crippen molar-refractivity contribution in [3.05, 3.63) is 0 Å². The van der Waals surface area contributed by atoms with E-state index < -0.39 is 5.97 Å². The maximum atomic E-state index is 10.4. The standard InChI is InChI=1S/C20H40O2.C5H14N2/c1-2-3-4-5-6-7-8-9-10-11-12-13-14-15-16-17-18-19-20(21)22;1-7(2)5-3-4-6/h2-19H2,1H3,(H,21,22);3-6H2,1-2H3. The van der Waals surface area contributed by atoms with Crippen molar-refractivity contribution >= 4 is 5.97 Å². The summed E-state index contributed by atoms with van der Waals surface area (Å²) in [6, 6.07) is 0. The Balaban J connectivity index is 0. The number of carbonyl (C=O) groups is 1. The van der Waals surface area contributed by atoms with Crippen LogP contribution in [-0.2, 0) is 4.79 Å². The summed E-state index contributed by atoms with van der Waals surface area (Å²) in [5.41, 5.74) is 5.25. The number of nitrogens with two attached hydrogens (primary N) is 1. The van der Waals surface area contributed by atoms with Crippen LogP contribution in [0.4, 0.5) is 0 Å². The van der Waals surface area contributed by atoms with Crippen LogP contribution in [0.25, 0.3) is 0 Å². The summed E-state index contributed by atoms with van der Waals surface area (Å²) in [7, 11) is 4.10. The molecule has 29 heavy (non-hydrogen) atoms. The van der Waals surface area contributed by atoms with Gasteiger partial charge in [-0.2, -0.15) is 0 Å². The van der Waals surface area contributed by atoms with E-state index in [0.717, 1.165) is 32.4 Å². The molecule has 0 aliphatic heterocycles. The van der Waals surface area contributed by atoms with Crippen molar-refractivity contribution in [1.29, 1.82) is 0 Å². The average molecular weight is 415 g/mol. The van der Waals surface area contributed by atoms with E-state index in [1.165, 1.54) is 96.3 Å². The number of carboxylic acid groups (broad SMARTS) is 1. The highest BCUT2D eigenvalue weighted by Gasteiger charge is 1.97. The number of unbranched alkanes of at least 4 members (excludes halogenated alkanes) is 16. The van der Waals surface area contributed by atoms with Crippen LogP contribution in [0.1, 0.15) is 129 Å². The Morgan fingerprint density at radius 3 is 1.24 bits per heavy atom. The second kappa shape index (κ2) is 27.4. The highest BCUT2D eigenvalue weighted by molar-refractivity contribution is 5.66. The Morgan fingerprint density at radius 2 is 1.00 bits per heavy atom. The van der Waals surface area contributed by atoms with Crippen molar-refractivity contribution in [3.63, 3.8) is 0 Å². The lowest BCUT2D eigenvalue weighted by Gasteiger charge is -2.05. The van der Waals surface area contributed by atoms with E-state index in [1.54, 1.807) is 0 Å². The first kappa shape index (κ1) is 30.6. The fourth-order valence-corrected chi connectivity index (χ4v) is 3.41. The molecular weight excluding hydrogens is 360 g/mol. The summed E-state index contributed by atoms with van der Waals surface area (Å²) in [6.45, 7) is 4.19. The van der Waals surface area contributed by atoms with Gasteiger partial charge < -0.3 is 15.7 Å². The van der Waals surface area contributed by atoms with E-state index in [4.69, 9.17) is 10.8 Å².